The molecule has 0 N–H and O–H groups in total. The molecule has 1 aromatic rings. The molecule has 0 heterocycles. The summed E-state index contributed by atoms with van der Waals surface area (Å²) in [5, 5.41) is 0. The summed E-state index contributed by atoms with van der Waals surface area (Å²) in [4.78, 5) is 10.9. The van der Waals surface area contributed by atoms with Gasteiger partial charge in [-0.05, 0) is 30.0 Å². The van der Waals surface area contributed by atoms with Gasteiger partial charge in [0.25, 0.3) is 0 Å². The predicted molar refractivity (Wildman–Crippen MR) is 66.1 cm³/mol. The van der Waals surface area contributed by atoms with Crippen LogP contribution < -0.4 is 0 Å². The van der Waals surface area contributed by atoms with E-state index in [0.29, 0.717) is 0 Å². The van der Waals surface area contributed by atoms with Crippen LogP contribution in [0.4, 0.5) is 0 Å². The number of ether oxygens (including phenoxy) is 1. The summed E-state index contributed by atoms with van der Waals surface area (Å²) < 4.78 is 4.52. The smallest absolute Gasteiger partial charge is 0.330 e. The third kappa shape index (κ3) is 4.30. The molecule has 0 fully saturated rings. The van der Waals surface area contributed by atoms with E-state index in [0.717, 1.165) is 12.0 Å². The highest BCUT2D eigenvalue weighted by Crippen LogP contribution is 2.09. The second kappa shape index (κ2) is 6.83. The van der Waals surface area contributed by atoms with Gasteiger partial charge in [0.05, 0.1) is 7.11 Å². The molecule has 0 amide bonds. The molecule has 0 saturated heterocycles. The number of esters is 1. The van der Waals surface area contributed by atoms with Gasteiger partial charge < -0.3 is 4.74 Å². The Bertz CT molecular complexity index is 350. The Hall–Kier alpha value is -1.57. The molecule has 0 unspecified atom stereocenters. The molecule has 0 bridgehead atoms. The summed E-state index contributed by atoms with van der Waals surface area (Å²) in [5.74, 6) is -0.324. The number of carbonyl (C=O) groups excluding carboxylic acids is 1. The van der Waals surface area contributed by atoms with E-state index in [2.05, 4.69) is 23.8 Å². The van der Waals surface area contributed by atoms with E-state index in [-0.39, 0.29) is 5.97 Å². The molecule has 0 aliphatic carbocycles. The van der Waals surface area contributed by atoms with Gasteiger partial charge in [-0.15, -0.1) is 0 Å². The molecule has 0 aliphatic rings. The molecular formula is C14H18O2. The molecule has 0 spiro atoms. The van der Waals surface area contributed by atoms with Crippen LogP contribution in [-0.4, -0.2) is 13.1 Å². The molecule has 86 valence electrons. The van der Waals surface area contributed by atoms with Gasteiger partial charge in [0.1, 0.15) is 0 Å². The lowest BCUT2D eigenvalue weighted by atomic mass is 10.1. The van der Waals surface area contributed by atoms with E-state index >= 15 is 0 Å². The first-order valence-corrected chi connectivity index (χ1v) is 5.61. The van der Waals surface area contributed by atoms with E-state index in [1.54, 1.807) is 6.08 Å². The number of aryl methyl sites for hydroxylation is 1. The van der Waals surface area contributed by atoms with Crippen molar-refractivity contribution in [2.75, 3.05) is 7.11 Å². The van der Waals surface area contributed by atoms with Crippen LogP contribution >= 0.6 is 0 Å². The zero-order chi connectivity index (χ0) is 11.8. The highest BCUT2D eigenvalue weighted by molar-refractivity contribution is 5.86. The minimum absolute atomic E-state index is 0.324. The van der Waals surface area contributed by atoms with Gasteiger partial charge in [-0.25, -0.2) is 4.79 Å². The average molecular weight is 218 g/mol. The van der Waals surface area contributed by atoms with Crippen molar-refractivity contribution in [1.29, 1.82) is 0 Å². The van der Waals surface area contributed by atoms with Crippen molar-refractivity contribution in [3.05, 3.63) is 41.5 Å². The average Bonchev–Trinajstić information content (AvgIpc) is 2.34. The number of hydrogen-bond acceptors (Lipinski definition) is 2. The van der Waals surface area contributed by atoms with Gasteiger partial charge in [-0.2, -0.15) is 0 Å². The van der Waals surface area contributed by atoms with Crippen LogP contribution in [0, 0.1) is 0 Å². The van der Waals surface area contributed by atoms with Gasteiger partial charge in [0.15, 0.2) is 0 Å². The normalized spacial score (nSPS) is 10.6. The summed E-state index contributed by atoms with van der Waals surface area (Å²) in [6.07, 6.45) is 6.75. The maximum absolute atomic E-state index is 10.9. The SMILES string of the molecule is CCCCc1ccc(C=CC(=O)OC)cc1. The Balaban J connectivity index is 2.57. The fraction of sp³-hybridized carbons (Fsp3) is 0.357. The first-order chi connectivity index (χ1) is 7.76. The molecule has 1 rings (SSSR count). The lowest BCUT2D eigenvalue weighted by Gasteiger charge is -2.00. The minimum atomic E-state index is -0.324. The van der Waals surface area contributed by atoms with Crippen molar-refractivity contribution in [2.24, 2.45) is 0 Å². The Morgan fingerprint density at radius 1 is 1.31 bits per heavy atom. The molecule has 0 atom stereocenters. The first kappa shape index (κ1) is 12.5. The number of hydrogen-bond donors (Lipinski definition) is 0. The Morgan fingerprint density at radius 3 is 2.56 bits per heavy atom. The summed E-state index contributed by atoms with van der Waals surface area (Å²) in [5.41, 5.74) is 2.36. The third-order valence-electron chi connectivity index (χ3n) is 2.41. The molecule has 2 nitrogen and oxygen atoms in total. The standard InChI is InChI=1S/C14H18O2/c1-3-4-5-12-6-8-13(9-7-12)10-11-14(15)16-2/h6-11H,3-5H2,1-2H3. The molecule has 0 aromatic heterocycles. The van der Waals surface area contributed by atoms with Crippen LogP contribution in [0.15, 0.2) is 30.3 Å². The zero-order valence-corrected chi connectivity index (χ0v) is 9.90. The zero-order valence-electron chi connectivity index (χ0n) is 9.90. The minimum Gasteiger partial charge on any atom is -0.466 e. The number of methoxy groups -OCH3 is 1. The predicted octanol–water partition coefficient (Wildman–Crippen LogP) is 3.22. The topological polar surface area (TPSA) is 26.3 Å². The lowest BCUT2D eigenvalue weighted by Crippen LogP contribution is -1.93. The van der Waals surface area contributed by atoms with Gasteiger partial charge >= 0.3 is 5.97 Å². The van der Waals surface area contributed by atoms with Crippen LogP contribution in [0.2, 0.25) is 0 Å². The van der Waals surface area contributed by atoms with Crippen molar-refractivity contribution >= 4 is 12.0 Å². The van der Waals surface area contributed by atoms with Gasteiger partial charge in [-0.3, -0.25) is 0 Å². The summed E-state index contributed by atoms with van der Waals surface area (Å²) in [6, 6.07) is 8.24. The second-order valence-corrected chi connectivity index (χ2v) is 3.70. The Kier molecular flexibility index (Phi) is 5.34. The molecule has 0 aliphatic heterocycles. The third-order valence-corrected chi connectivity index (χ3v) is 2.41. The largest absolute Gasteiger partial charge is 0.466 e. The summed E-state index contributed by atoms with van der Waals surface area (Å²) in [7, 11) is 1.38. The Labute approximate surface area is 96.9 Å². The van der Waals surface area contributed by atoms with Crippen LogP contribution in [-0.2, 0) is 16.0 Å². The Morgan fingerprint density at radius 2 is 2.00 bits per heavy atom. The summed E-state index contributed by atoms with van der Waals surface area (Å²) >= 11 is 0. The molecule has 1 aromatic carbocycles. The lowest BCUT2D eigenvalue weighted by molar-refractivity contribution is -0.134. The van der Waals surface area contributed by atoms with E-state index in [9.17, 15) is 4.79 Å². The highest BCUT2D eigenvalue weighted by atomic mass is 16.5. The van der Waals surface area contributed by atoms with E-state index in [1.165, 1.54) is 31.6 Å². The molecule has 16 heavy (non-hydrogen) atoms. The van der Waals surface area contributed by atoms with E-state index in [4.69, 9.17) is 0 Å². The number of unbranched alkanes of at least 4 members (excludes halogenated alkanes) is 1. The first-order valence-electron chi connectivity index (χ1n) is 5.61. The second-order valence-electron chi connectivity index (χ2n) is 3.70. The highest BCUT2D eigenvalue weighted by Gasteiger charge is 1.94. The summed E-state index contributed by atoms with van der Waals surface area (Å²) in [6.45, 7) is 2.19. The maximum atomic E-state index is 10.9. The number of carbonyl (C=O) groups is 1. The molecule has 0 saturated carbocycles. The van der Waals surface area contributed by atoms with Crippen molar-refractivity contribution < 1.29 is 9.53 Å². The monoisotopic (exact) mass is 218 g/mol. The van der Waals surface area contributed by atoms with Crippen molar-refractivity contribution in [3.8, 4) is 0 Å². The van der Waals surface area contributed by atoms with E-state index < -0.39 is 0 Å². The van der Waals surface area contributed by atoms with Crippen LogP contribution in [0.5, 0.6) is 0 Å². The van der Waals surface area contributed by atoms with Crippen molar-refractivity contribution in [3.63, 3.8) is 0 Å². The maximum Gasteiger partial charge on any atom is 0.330 e. The number of benzene rings is 1. The van der Waals surface area contributed by atoms with Crippen molar-refractivity contribution in [2.45, 2.75) is 26.2 Å². The molecular weight excluding hydrogens is 200 g/mol. The van der Waals surface area contributed by atoms with Crippen LogP contribution in [0.3, 0.4) is 0 Å². The molecule has 0 radical (unpaired) electrons. The van der Waals surface area contributed by atoms with Gasteiger partial charge in [0.2, 0.25) is 0 Å². The fourth-order valence-electron chi connectivity index (χ4n) is 1.41. The number of rotatable bonds is 5. The van der Waals surface area contributed by atoms with E-state index in [1.807, 2.05) is 12.1 Å². The quantitative estimate of drug-likeness (QED) is 0.560. The van der Waals surface area contributed by atoms with Crippen LogP contribution in [0.25, 0.3) is 6.08 Å². The van der Waals surface area contributed by atoms with Crippen LogP contribution in [0.1, 0.15) is 30.9 Å². The van der Waals surface area contributed by atoms with Gasteiger partial charge in [-0.1, -0.05) is 37.6 Å². The molecule has 2 heteroatoms. The van der Waals surface area contributed by atoms with Crippen molar-refractivity contribution in [1.82, 2.24) is 0 Å². The van der Waals surface area contributed by atoms with Gasteiger partial charge in [0, 0.05) is 6.08 Å². The fourth-order valence-corrected chi connectivity index (χ4v) is 1.41.